The number of ether oxygens (including phenoxy) is 1. The van der Waals surface area contributed by atoms with E-state index in [1.807, 2.05) is 31.2 Å². The lowest BCUT2D eigenvalue weighted by Crippen LogP contribution is -2.41. The zero-order valence-electron chi connectivity index (χ0n) is 16.2. The van der Waals surface area contributed by atoms with Crippen molar-refractivity contribution in [2.24, 2.45) is 0 Å². The van der Waals surface area contributed by atoms with E-state index >= 15 is 0 Å². The Balaban J connectivity index is 1.67. The van der Waals surface area contributed by atoms with Crippen LogP contribution in [0, 0.1) is 6.92 Å². The molecule has 1 aromatic heterocycles. The number of amides is 2. The van der Waals surface area contributed by atoms with Gasteiger partial charge in [0, 0.05) is 10.4 Å². The molecule has 2 amide bonds. The molecule has 0 unspecified atom stereocenters. The van der Waals surface area contributed by atoms with Gasteiger partial charge in [0.05, 0.1) is 23.4 Å². The van der Waals surface area contributed by atoms with Gasteiger partial charge in [-0.15, -0.1) is 11.3 Å². The van der Waals surface area contributed by atoms with Crippen LogP contribution < -0.4 is 15.4 Å². The molecule has 2 aromatic carbocycles. The fraction of sp³-hybridized carbons (Fsp3) is 0.190. The Hall–Kier alpha value is -2.90. The van der Waals surface area contributed by atoms with Crippen molar-refractivity contribution in [1.82, 2.24) is 10.3 Å². The molecule has 0 saturated heterocycles. The Labute approximate surface area is 177 Å². The van der Waals surface area contributed by atoms with E-state index in [4.69, 9.17) is 16.3 Å². The van der Waals surface area contributed by atoms with E-state index in [0.717, 1.165) is 21.9 Å². The maximum atomic E-state index is 12.5. The fourth-order valence-electron chi connectivity index (χ4n) is 2.67. The first kappa shape index (κ1) is 20.8. The summed E-state index contributed by atoms with van der Waals surface area (Å²) in [4.78, 5) is 30.3. The van der Waals surface area contributed by atoms with Gasteiger partial charge in [0.15, 0.2) is 5.13 Å². The first-order chi connectivity index (χ1) is 13.9. The number of nitrogens with zero attached hydrogens (tertiary/aromatic N) is 1. The average molecular weight is 430 g/mol. The third-order valence-electron chi connectivity index (χ3n) is 4.25. The van der Waals surface area contributed by atoms with Crippen LogP contribution in [0.3, 0.4) is 0 Å². The first-order valence-corrected chi connectivity index (χ1v) is 10.1. The van der Waals surface area contributed by atoms with Crippen LogP contribution in [0.5, 0.6) is 5.75 Å². The van der Waals surface area contributed by atoms with Gasteiger partial charge in [-0.05, 0) is 50.2 Å². The molecule has 2 N–H and O–H groups in total. The summed E-state index contributed by atoms with van der Waals surface area (Å²) < 4.78 is 5.17. The molecule has 3 rings (SSSR count). The van der Waals surface area contributed by atoms with Crippen molar-refractivity contribution < 1.29 is 14.3 Å². The number of nitrogens with one attached hydrogen (secondary N) is 2. The van der Waals surface area contributed by atoms with E-state index in [1.54, 1.807) is 38.3 Å². The number of carbonyl (C=O) groups is 2. The SMILES string of the molecule is COc1ccc(-c2nc(NC(=O)[C@H](C)NC(=O)c3ccccc3Cl)sc2C)cc1. The molecule has 0 aliphatic heterocycles. The number of aryl methyl sites for hydroxylation is 1. The van der Waals surface area contributed by atoms with E-state index in [1.165, 1.54) is 11.3 Å². The van der Waals surface area contributed by atoms with Gasteiger partial charge in [-0.3, -0.25) is 9.59 Å². The van der Waals surface area contributed by atoms with Crippen LogP contribution in [0.2, 0.25) is 5.02 Å². The zero-order valence-corrected chi connectivity index (χ0v) is 17.7. The topological polar surface area (TPSA) is 80.3 Å². The van der Waals surface area contributed by atoms with Crippen LogP contribution >= 0.6 is 22.9 Å². The Morgan fingerprint density at radius 2 is 1.83 bits per heavy atom. The van der Waals surface area contributed by atoms with Gasteiger partial charge in [-0.1, -0.05) is 23.7 Å². The predicted octanol–water partition coefficient (Wildman–Crippen LogP) is 4.54. The van der Waals surface area contributed by atoms with Crippen LogP contribution in [0.4, 0.5) is 5.13 Å². The van der Waals surface area contributed by atoms with Crippen molar-refractivity contribution in [1.29, 1.82) is 0 Å². The molecule has 1 heterocycles. The number of thiazole rings is 1. The second-order valence-electron chi connectivity index (χ2n) is 6.32. The second kappa shape index (κ2) is 9.07. The van der Waals surface area contributed by atoms with Gasteiger partial charge >= 0.3 is 0 Å². The smallest absolute Gasteiger partial charge is 0.253 e. The van der Waals surface area contributed by atoms with Crippen LogP contribution in [0.1, 0.15) is 22.2 Å². The van der Waals surface area contributed by atoms with E-state index in [0.29, 0.717) is 15.7 Å². The highest BCUT2D eigenvalue weighted by atomic mass is 35.5. The number of halogens is 1. The highest BCUT2D eigenvalue weighted by Crippen LogP contribution is 2.31. The predicted molar refractivity (Wildman–Crippen MR) is 116 cm³/mol. The van der Waals surface area contributed by atoms with Crippen LogP contribution in [-0.4, -0.2) is 29.9 Å². The number of hydrogen-bond donors (Lipinski definition) is 2. The minimum Gasteiger partial charge on any atom is -0.497 e. The highest BCUT2D eigenvalue weighted by Gasteiger charge is 2.20. The van der Waals surface area contributed by atoms with E-state index in [-0.39, 0.29) is 5.91 Å². The maximum Gasteiger partial charge on any atom is 0.253 e. The van der Waals surface area contributed by atoms with Gasteiger partial charge in [-0.25, -0.2) is 4.98 Å². The molecule has 0 radical (unpaired) electrons. The van der Waals surface area contributed by atoms with E-state index < -0.39 is 11.9 Å². The number of anilines is 1. The fourth-order valence-corrected chi connectivity index (χ4v) is 3.73. The second-order valence-corrected chi connectivity index (χ2v) is 7.93. The van der Waals surface area contributed by atoms with E-state index in [9.17, 15) is 9.59 Å². The number of methoxy groups -OCH3 is 1. The average Bonchev–Trinajstić information content (AvgIpc) is 3.08. The Bertz CT molecular complexity index is 1030. The lowest BCUT2D eigenvalue weighted by atomic mass is 10.1. The summed E-state index contributed by atoms with van der Waals surface area (Å²) in [7, 11) is 1.61. The molecule has 0 aliphatic carbocycles. The molecule has 29 heavy (non-hydrogen) atoms. The standard InChI is InChI=1S/C21H20ClN3O3S/c1-12(23-20(27)16-6-4-5-7-17(16)22)19(26)25-21-24-18(13(2)29-21)14-8-10-15(28-3)11-9-14/h4-12H,1-3H3,(H,23,27)(H,24,25,26)/t12-/m0/s1. The lowest BCUT2D eigenvalue weighted by Gasteiger charge is -2.13. The molecule has 3 aromatic rings. The molecule has 6 nitrogen and oxygen atoms in total. The summed E-state index contributed by atoms with van der Waals surface area (Å²) in [6.45, 7) is 3.55. The monoisotopic (exact) mass is 429 g/mol. The van der Waals surface area contributed by atoms with Crippen molar-refractivity contribution in [3.05, 3.63) is 64.0 Å². The number of aromatic nitrogens is 1. The minimum absolute atomic E-state index is 0.320. The Kier molecular flexibility index (Phi) is 6.51. The van der Waals surface area contributed by atoms with Gasteiger partial charge in [0.1, 0.15) is 11.8 Å². The largest absolute Gasteiger partial charge is 0.497 e. The number of rotatable bonds is 6. The summed E-state index contributed by atoms with van der Waals surface area (Å²) in [6.07, 6.45) is 0. The molecule has 0 bridgehead atoms. The molecule has 0 aliphatic rings. The quantitative estimate of drug-likeness (QED) is 0.603. The minimum atomic E-state index is -0.757. The summed E-state index contributed by atoms with van der Waals surface area (Å²) >= 11 is 7.41. The number of hydrogen-bond acceptors (Lipinski definition) is 5. The summed E-state index contributed by atoms with van der Waals surface area (Å²) in [6, 6.07) is 13.5. The number of benzene rings is 2. The summed E-state index contributed by atoms with van der Waals surface area (Å²) in [5, 5.41) is 6.21. The van der Waals surface area contributed by atoms with Crippen molar-refractivity contribution >= 4 is 39.9 Å². The van der Waals surface area contributed by atoms with Gasteiger partial charge in [-0.2, -0.15) is 0 Å². The van der Waals surface area contributed by atoms with Crippen LogP contribution in [0.15, 0.2) is 48.5 Å². The third kappa shape index (κ3) is 4.93. The van der Waals surface area contributed by atoms with Crippen molar-refractivity contribution in [3.63, 3.8) is 0 Å². The molecule has 1 atom stereocenters. The first-order valence-electron chi connectivity index (χ1n) is 8.87. The summed E-state index contributed by atoms with van der Waals surface area (Å²) in [5.41, 5.74) is 2.04. The van der Waals surface area contributed by atoms with E-state index in [2.05, 4.69) is 15.6 Å². The molecule has 0 fully saturated rings. The van der Waals surface area contributed by atoms with Crippen LogP contribution in [0.25, 0.3) is 11.3 Å². The molecular weight excluding hydrogens is 410 g/mol. The van der Waals surface area contributed by atoms with Crippen molar-refractivity contribution in [3.8, 4) is 17.0 Å². The molecule has 8 heteroatoms. The molecule has 150 valence electrons. The molecule has 0 spiro atoms. The Morgan fingerprint density at radius 1 is 1.14 bits per heavy atom. The highest BCUT2D eigenvalue weighted by molar-refractivity contribution is 7.16. The summed E-state index contributed by atoms with van der Waals surface area (Å²) in [5.74, 6) is -0.00818. The maximum absolute atomic E-state index is 12.5. The zero-order chi connectivity index (χ0) is 21.0. The Morgan fingerprint density at radius 3 is 2.48 bits per heavy atom. The van der Waals surface area contributed by atoms with Crippen molar-refractivity contribution in [2.75, 3.05) is 12.4 Å². The lowest BCUT2D eigenvalue weighted by molar-refractivity contribution is -0.117. The van der Waals surface area contributed by atoms with Gasteiger partial charge in [0.2, 0.25) is 5.91 Å². The van der Waals surface area contributed by atoms with Crippen LogP contribution in [-0.2, 0) is 4.79 Å². The molecular formula is C21H20ClN3O3S. The third-order valence-corrected chi connectivity index (χ3v) is 5.47. The van der Waals surface area contributed by atoms with Crippen molar-refractivity contribution in [2.45, 2.75) is 19.9 Å². The molecule has 0 saturated carbocycles. The van der Waals surface area contributed by atoms with Gasteiger partial charge in [0.25, 0.3) is 5.91 Å². The van der Waals surface area contributed by atoms with Gasteiger partial charge < -0.3 is 15.4 Å². The number of carbonyl (C=O) groups excluding carboxylic acids is 2. The normalized spacial score (nSPS) is 11.6.